The summed E-state index contributed by atoms with van der Waals surface area (Å²) in [5.74, 6) is 0. The van der Waals surface area contributed by atoms with Gasteiger partial charge in [0, 0.05) is 22.5 Å². The quantitative estimate of drug-likeness (QED) is 0.431. The summed E-state index contributed by atoms with van der Waals surface area (Å²) in [6.07, 6.45) is 0. The molecule has 24 heavy (non-hydrogen) atoms. The van der Waals surface area contributed by atoms with E-state index in [1.807, 2.05) is 36.4 Å². The summed E-state index contributed by atoms with van der Waals surface area (Å²) in [5, 5.41) is 4.59. The highest BCUT2D eigenvalue weighted by atomic mass is 35.5. The molecule has 2 nitrogen and oxygen atoms in total. The molecular weight excluding hydrogens is 339 g/mol. The van der Waals surface area contributed by atoms with Crippen LogP contribution in [-0.4, -0.2) is 0 Å². The Morgan fingerprint density at radius 1 is 0.458 bits per heavy atom. The molecule has 0 bridgehead atoms. The third-order valence-corrected chi connectivity index (χ3v) is 4.17. The molecule has 0 saturated heterocycles. The van der Waals surface area contributed by atoms with Crippen molar-refractivity contribution in [3.8, 4) is 11.1 Å². The fourth-order valence-corrected chi connectivity index (χ4v) is 3.13. The first-order chi connectivity index (χ1) is 10.8. The molecule has 0 unspecified atom stereocenters. The average molecular weight is 357 g/mol. The summed E-state index contributed by atoms with van der Waals surface area (Å²) in [7, 11) is 0. The largest absolute Gasteiger partial charge is 0.398 e. The van der Waals surface area contributed by atoms with Crippen molar-refractivity contribution in [2.24, 2.45) is 0 Å². The van der Waals surface area contributed by atoms with Crippen molar-refractivity contribution in [1.82, 2.24) is 0 Å². The Morgan fingerprint density at radius 2 is 0.833 bits per heavy atom. The molecule has 0 aliphatic rings. The van der Waals surface area contributed by atoms with E-state index in [9.17, 15) is 0 Å². The van der Waals surface area contributed by atoms with Crippen LogP contribution in [0.15, 0.2) is 72.8 Å². The number of anilines is 2. The number of hydrogen-bond acceptors (Lipinski definition) is 2. The lowest BCUT2D eigenvalue weighted by molar-refractivity contribution is 1.66. The van der Waals surface area contributed by atoms with Gasteiger partial charge in [0.15, 0.2) is 0 Å². The van der Waals surface area contributed by atoms with Gasteiger partial charge in [-0.15, -0.1) is 24.8 Å². The van der Waals surface area contributed by atoms with Crippen molar-refractivity contribution in [1.29, 1.82) is 0 Å². The number of hydrogen-bond donors (Lipinski definition) is 2. The fourth-order valence-electron chi connectivity index (χ4n) is 3.13. The second-order valence-corrected chi connectivity index (χ2v) is 5.50. The monoisotopic (exact) mass is 356 g/mol. The van der Waals surface area contributed by atoms with E-state index in [2.05, 4.69) is 36.4 Å². The molecule has 0 heterocycles. The van der Waals surface area contributed by atoms with Crippen LogP contribution in [0.3, 0.4) is 0 Å². The third-order valence-electron chi connectivity index (χ3n) is 4.17. The van der Waals surface area contributed by atoms with Crippen LogP contribution < -0.4 is 11.5 Å². The Morgan fingerprint density at radius 3 is 1.25 bits per heavy atom. The summed E-state index contributed by atoms with van der Waals surface area (Å²) in [5.41, 5.74) is 16.2. The van der Waals surface area contributed by atoms with E-state index in [0.717, 1.165) is 33.3 Å². The van der Waals surface area contributed by atoms with Crippen LogP contribution in [-0.2, 0) is 0 Å². The first kappa shape index (κ1) is 17.9. The van der Waals surface area contributed by atoms with E-state index in [1.165, 1.54) is 10.8 Å². The van der Waals surface area contributed by atoms with Crippen LogP contribution in [0.5, 0.6) is 0 Å². The first-order valence-electron chi connectivity index (χ1n) is 7.30. The van der Waals surface area contributed by atoms with E-state index in [-0.39, 0.29) is 24.8 Å². The normalized spacial score (nSPS) is 10.2. The van der Waals surface area contributed by atoms with Gasteiger partial charge in [0.05, 0.1) is 0 Å². The minimum atomic E-state index is 0. The molecule has 4 aromatic carbocycles. The van der Waals surface area contributed by atoms with Gasteiger partial charge in [0.1, 0.15) is 0 Å². The molecule has 4 rings (SSSR count). The smallest absolute Gasteiger partial charge is 0.0401 e. The number of rotatable bonds is 1. The van der Waals surface area contributed by atoms with Gasteiger partial charge >= 0.3 is 0 Å². The SMILES string of the molecule is Cl.Cl.Nc1ccc2ccccc2c1-c1c(N)ccc2ccccc12. The van der Waals surface area contributed by atoms with Crippen molar-refractivity contribution < 1.29 is 0 Å². The lowest BCUT2D eigenvalue weighted by atomic mass is 9.91. The van der Waals surface area contributed by atoms with E-state index in [0.29, 0.717) is 0 Å². The summed E-state index contributed by atoms with van der Waals surface area (Å²) in [4.78, 5) is 0. The van der Waals surface area contributed by atoms with Crippen LogP contribution in [0.4, 0.5) is 11.4 Å². The maximum absolute atomic E-state index is 6.32. The molecule has 0 amide bonds. The Balaban J connectivity index is 0.00000104. The van der Waals surface area contributed by atoms with Gasteiger partial charge in [0.25, 0.3) is 0 Å². The van der Waals surface area contributed by atoms with Gasteiger partial charge in [-0.3, -0.25) is 0 Å². The zero-order valence-corrected chi connectivity index (χ0v) is 14.5. The molecule has 0 aliphatic heterocycles. The third kappa shape index (κ3) is 2.75. The standard InChI is InChI=1S/C20H16N2.2ClH/c21-17-11-9-13-5-1-3-7-15(13)19(17)20-16-8-4-2-6-14(16)10-12-18(20)22;;/h1-12H,21-22H2;2*1H. The maximum Gasteiger partial charge on any atom is 0.0401 e. The molecule has 0 fully saturated rings. The number of halogens is 2. The topological polar surface area (TPSA) is 52.0 Å². The first-order valence-corrected chi connectivity index (χ1v) is 7.30. The van der Waals surface area contributed by atoms with E-state index < -0.39 is 0 Å². The number of fused-ring (bicyclic) bond motifs is 2. The predicted octanol–water partition coefficient (Wildman–Crippen LogP) is 5.67. The summed E-state index contributed by atoms with van der Waals surface area (Å²) >= 11 is 0. The molecule has 4 heteroatoms. The van der Waals surface area contributed by atoms with Gasteiger partial charge in [-0.25, -0.2) is 0 Å². The van der Waals surface area contributed by atoms with E-state index in [1.54, 1.807) is 0 Å². The molecule has 4 aromatic rings. The van der Waals surface area contributed by atoms with Crippen LogP contribution in [0.1, 0.15) is 0 Å². The van der Waals surface area contributed by atoms with Crippen LogP contribution >= 0.6 is 24.8 Å². The summed E-state index contributed by atoms with van der Waals surface area (Å²) in [6.45, 7) is 0. The minimum Gasteiger partial charge on any atom is -0.398 e. The Labute approximate surface area is 153 Å². The fraction of sp³-hybridized carbons (Fsp3) is 0. The Kier molecular flexibility index (Phi) is 5.23. The second kappa shape index (κ2) is 7.00. The second-order valence-electron chi connectivity index (χ2n) is 5.50. The molecule has 0 aliphatic carbocycles. The van der Waals surface area contributed by atoms with Crippen molar-refractivity contribution in [2.45, 2.75) is 0 Å². The molecular formula is C20H18Cl2N2. The highest BCUT2D eigenvalue weighted by molar-refractivity contribution is 6.12. The van der Waals surface area contributed by atoms with Crippen LogP contribution in [0, 0.1) is 0 Å². The molecule has 122 valence electrons. The van der Waals surface area contributed by atoms with Gasteiger partial charge in [0.2, 0.25) is 0 Å². The van der Waals surface area contributed by atoms with Crippen molar-refractivity contribution in [3.05, 3.63) is 72.8 Å². The summed E-state index contributed by atoms with van der Waals surface area (Å²) < 4.78 is 0. The summed E-state index contributed by atoms with van der Waals surface area (Å²) in [6, 6.07) is 24.6. The number of nitrogens with two attached hydrogens (primary N) is 2. The maximum atomic E-state index is 6.32. The zero-order valence-electron chi connectivity index (χ0n) is 12.9. The molecule has 0 radical (unpaired) electrons. The predicted molar refractivity (Wildman–Crippen MR) is 110 cm³/mol. The lowest BCUT2D eigenvalue weighted by Gasteiger charge is -2.15. The van der Waals surface area contributed by atoms with Gasteiger partial charge in [-0.2, -0.15) is 0 Å². The zero-order chi connectivity index (χ0) is 15.1. The molecule has 0 atom stereocenters. The molecule has 0 saturated carbocycles. The van der Waals surface area contributed by atoms with Gasteiger partial charge < -0.3 is 11.5 Å². The van der Waals surface area contributed by atoms with Crippen molar-refractivity contribution in [2.75, 3.05) is 11.5 Å². The van der Waals surface area contributed by atoms with E-state index in [4.69, 9.17) is 11.5 Å². The molecule has 0 spiro atoms. The van der Waals surface area contributed by atoms with E-state index >= 15 is 0 Å². The van der Waals surface area contributed by atoms with Gasteiger partial charge in [-0.1, -0.05) is 60.7 Å². The number of nitrogen functional groups attached to an aromatic ring is 2. The Bertz CT molecular complexity index is 929. The van der Waals surface area contributed by atoms with Gasteiger partial charge in [-0.05, 0) is 33.7 Å². The molecule has 0 aromatic heterocycles. The Hall–Kier alpha value is -2.42. The average Bonchev–Trinajstić information content (AvgIpc) is 2.56. The highest BCUT2D eigenvalue weighted by Gasteiger charge is 2.13. The lowest BCUT2D eigenvalue weighted by Crippen LogP contribution is -1.96. The minimum absolute atomic E-state index is 0. The van der Waals surface area contributed by atoms with Crippen LogP contribution in [0.25, 0.3) is 32.7 Å². The number of benzene rings is 4. The molecule has 4 N–H and O–H groups in total. The van der Waals surface area contributed by atoms with Crippen molar-refractivity contribution in [3.63, 3.8) is 0 Å². The highest BCUT2D eigenvalue weighted by Crippen LogP contribution is 2.41. The van der Waals surface area contributed by atoms with Crippen molar-refractivity contribution >= 4 is 57.7 Å². The van der Waals surface area contributed by atoms with Crippen LogP contribution in [0.2, 0.25) is 0 Å².